The van der Waals surface area contributed by atoms with Crippen molar-refractivity contribution in [1.82, 2.24) is 5.32 Å². The maximum absolute atomic E-state index is 12.5. The monoisotopic (exact) mass is 591 g/mol. The van der Waals surface area contributed by atoms with Crippen LogP contribution in [-0.2, 0) is 19.1 Å². The van der Waals surface area contributed by atoms with E-state index in [1.165, 1.54) is 31.4 Å². The van der Waals surface area contributed by atoms with Crippen LogP contribution in [0.2, 0.25) is 0 Å². The molecule has 218 valence electrons. The lowest BCUT2D eigenvalue weighted by atomic mass is 10.1. The van der Waals surface area contributed by atoms with Crippen LogP contribution in [-0.4, -0.2) is 48.6 Å². The Bertz CT molecular complexity index is 1550. The van der Waals surface area contributed by atoms with E-state index in [4.69, 9.17) is 18.9 Å². The average molecular weight is 592 g/mol. The first-order valence-electron chi connectivity index (χ1n) is 12.8. The zero-order valence-electron chi connectivity index (χ0n) is 23.5. The van der Waals surface area contributed by atoms with Crippen molar-refractivity contribution < 1.29 is 38.1 Å². The number of cyclic esters (lactones) is 1. The fourth-order valence-corrected chi connectivity index (χ4v) is 4.19. The van der Waals surface area contributed by atoms with Crippen molar-refractivity contribution in [2.24, 2.45) is 4.99 Å². The molecule has 0 spiro atoms. The molecule has 0 unspecified atom stereocenters. The molecule has 0 bridgehead atoms. The molecule has 0 saturated heterocycles. The number of esters is 2. The topological polar surface area (TPSA) is 142 Å². The molecule has 0 fully saturated rings. The van der Waals surface area contributed by atoms with Gasteiger partial charge >= 0.3 is 18.0 Å². The summed E-state index contributed by atoms with van der Waals surface area (Å²) in [4.78, 5) is 54.0. The van der Waals surface area contributed by atoms with Gasteiger partial charge in [0, 0.05) is 11.3 Å². The van der Waals surface area contributed by atoms with Crippen molar-refractivity contribution in [3.05, 3.63) is 81.7 Å². The number of benzene rings is 2. The Morgan fingerprint density at radius 3 is 2.43 bits per heavy atom. The summed E-state index contributed by atoms with van der Waals surface area (Å²) >= 11 is 1.27. The van der Waals surface area contributed by atoms with Crippen molar-refractivity contribution in [2.75, 3.05) is 12.4 Å². The van der Waals surface area contributed by atoms with Gasteiger partial charge in [-0.25, -0.2) is 19.4 Å². The van der Waals surface area contributed by atoms with Crippen LogP contribution in [0.4, 0.5) is 10.5 Å². The minimum Gasteiger partial charge on any atom is -0.493 e. The molecule has 0 radical (unpaired) electrons. The number of nitrogens with one attached hydrogen (secondary N) is 2. The third-order valence-electron chi connectivity index (χ3n) is 5.56. The van der Waals surface area contributed by atoms with E-state index in [2.05, 4.69) is 15.6 Å². The highest BCUT2D eigenvalue weighted by atomic mass is 32.1. The van der Waals surface area contributed by atoms with Crippen molar-refractivity contribution in [2.45, 2.75) is 39.3 Å². The van der Waals surface area contributed by atoms with Crippen LogP contribution in [0.15, 0.2) is 70.7 Å². The largest absolute Gasteiger partial charge is 0.493 e. The highest BCUT2D eigenvalue weighted by Gasteiger charge is 2.25. The Morgan fingerprint density at radius 2 is 1.79 bits per heavy atom. The summed E-state index contributed by atoms with van der Waals surface area (Å²) in [6.45, 7) is 6.72. The molecule has 1 aromatic heterocycles. The van der Waals surface area contributed by atoms with Crippen molar-refractivity contribution >= 4 is 52.9 Å². The van der Waals surface area contributed by atoms with Crippen LogP contribution in [0.1, 0.15) is 48.5 Å². The van der Waals surface area contributed by atoms with E-state index in [1.807, 2.05) is 0 Å². The average Bonchev–Trinajstić information content (AvgIpc) is 3.59. The maximum atomic E-state index is 12.5. The lowest BCUT2D eigenvalue weighted by Crippen LogP contribution is -2.43. The van der Waals surface area contributed by atoms with Gasteiger partial charge in [-0.2, -0.15) is 0 Å². The molecule has 0 aliphatic carbocycles. The molecule has 1 atom stereocenters. The second-order valence-electron chi connectivity index (χ2n) is 10.0. The van der Waals surface area contributed by atoms with Crippen LogP contribution in [0, 0.1) is 0 Å². The summed E-state index contributed by atoms with van der Waals surface area (Å²) in [6.07, 6.45) is 0.827. The number of amides is 2. The van der Waals surface area contributed by atoms with Crippen LogP contribution < -0.4 is 20.1 Å². The number of hydrogen-bond acceptors (Lipinski definition) is 10. The number of ether oxygens (including phenoxy) is 4. The van der Waals surface area contributed by atoms with Gasteiger partial charge in [-0.05, 0) is 87.2 Å². The first kappa shape index (κ1) is 30.0. The second kappa shape index (κ2) is 12.7. The smallest absolute Gasteiger partial charge is 0.408 e. The van der Waals surface area contributed by atoms with Gasteiger partial charge in [0.05, 0.1) is 7.11 Å². The van der Waals surface area contributed by atoms with E-state index in [1.54, 1.807) is 80.7 Å². The molecule has 1 aliphatic heterocycles. The molecule has 11 nitrogen and oxygen atoms in total. The Kier molecular flexibility index (Phi) is 9.06. The second-order valence-corrected chi connectivity index (χ2v) is 11.0. The van der Waals surface area contributed by atoms with Gasteiger partial charge in [-0.1, -0.05) is 12.1 Å². The summed E-state index contributed by atoms with van der Waals surface area (Å²) in [5, 5.41) is 6.96. The van der Waals surface area contributed by atoms with Crippen molar-refractivity contribution in [3.63, 3.8) is 0 Å². The molecule has 2 heterocycles. The summed E-state index contributed by atoms with van der Waals surface area (Å²) in [6, 6.07) is 13.9. The first-order valence-corrected chi connectivity index (χ1v) is 13.7. The lowest BCUT2D eigenvalue weighted by molar-refractivity contribution is -0.130. The highest BCUT2D eigenvalue weighted by molar-refractivity contribution is 7.12. The Hall–Kier alpha value is -4.97. The van der Waals surface area contributed by atoms with Gasteiger partial charge in [0.2, 0.25) is 11.8 Å². The Labute approximate surface area is 246 Å². The number of nitrogens with zero attached hydrogens (tertiary/aromatic N) is 1. The normalized spacial score (nSPS) is 14.5. The van der Waals surface area contributed by atoms with Gasteiger partial charge in [-0.15, -0.1) is 11.3 Å². The number of anilines is 1. The molecule has 2 amide bonds. The van der Waals surface area contributed by atoms with Crippen molar-refractivity contribution in [3.8, 4) is 11.5 Å². The molecular weight excluding hydrogens is 562 g/mol. The fraction of sp³-hybridized carbons (Fsp3) is 0.233. The van der Waals surface area contributed by atoms with Crippen LogP contribution in [0.5, 0.6) is 11.5 Å². The molecule has 1 aliphatic rings. The molecule has 4 rings (SSSR count). The lowest BCUT2D eigenvalue weighted by Gasteiger charge is -2.21. The van der Waals surface area contributed by atoms with Gasteiger partial charge in [0.25, 0.3) is 0 Å². The van der Waals surface area contributed by atoms with Crippen molar-refractivity contribution in [1.29, 1.82) is 0 Å². The molecule has 42 heavy (non-hydrogen) atoms. The van der Waals surface area contributed by atoms with Crippen LogP contribution >= 0.6 is 11.3 Å². The molecule has 2 N–H and O–H groups in total. The van der Waals surface area contributed by atoms with Crippen LogP contribution in [0.25, 0.3) is 6.08 Å². The number of rotatable bonds is 8. The molecule has 3 aromatic rings. The van der Waals surface area contributed by atoms with E-state index in [9.17, 15) is 19.2 Å². The number of alkyl carbamates (subject to hydrolysis) is 1. The van der Waals surface area contributed by atoms with E-state index in [0.29, 0.717) is 27.4 Å². The summed E-state index contributed by atoms with van der Waals surface area (Å²) < 4.78 is 21.3. The van der Waals surface area contributed by atoms with Gasteiger partial charge in [-0.3, -0.25) is 4.79 Å². The standard InChI is InChI=1S/C30H29N3O8S/c1-17(31-29(37)41-30(2,3)4)25(34)32-20-11-9-19(10-12-20)26-33-21(27(35)40-26)15-18-8-13-22(23(16-18)38-5)39-28(36)24-7-6-14-42-24/h6-17H,1-5H3,(H,31,37)(H,32,34)/t17-/m0/s1. The third kappa shape index (κ3) is 7.82. The summed E-state index contributed by atoms with van der Waals surface area (Å²) in [5.74, 6) is -0.947. The number of carbonyl (C=O) groups excluding carboxylic acids is 4. The predicted molar refractivity (Wildman–Crippen MR) is 157 cm³/mol. The van der Waals surface area contributed by atoms with Gasteiger partial charge in [0.1, 0.15) is 16.5 Å². The highest BCUT2D eigenvalue weighted by Crippen LogP contribution is 2.31. The molecule has 0 saturated carbocycles. The molecule has 2 aromatic carbocycles. The van der Waals surface area contributed by atoms with Gasteiger partial charge < -0.3 is 29.6 Å². The SMILES string of the molecule is COc1cc(C=C2N=C(c3ccc(NC(=O)[C@H](C)NC(=O)OC(C)(C)C)cc3)OC2=O)ccc1OC(=O)c1cccs1. The molecule has 12 heteroatoms. The minimum absolute atomic E-state index is 0.0646. The quantitative estimate of drug-likeness (QED) is 0.208. The number of carbonyl (C=O) groups is 4. The third-order valence-corrected chi connectivity index (χ3v) is 6.41. The predicted octanol–water partition coefficient (Wildman–Crippen LogP) is 5.17. The zero-order chi connectivity index (χ0) is 30.4. The summed E-state index contributed by atoms with van der Waals surface area (Å²) in [7, 11) is 1.44. The Balaban J connectivity index is 1.41. The Morgan fingerprint density at radius 1 is 1.05 bits per heavy atom. The maximum Gasteiger partial charge on any atom is 0.408 e. The zero-order valence-corrected chi connectivity index (χ0v) is 24.4. The first-order chi connectivity index (χ1) is 19.9. The molecular formula is C30H29N3O8S. The van der Waals surface area contributed by atoms with Gasteiger partial charge in [0.15, 0.2) is 17.2 Å². The number of aliphatic imine (C=N–C) groups is 1. The van der Waals surface area contributed by atoms with E-state index < -0.39 is 35.6 Å². The summed E-state index contributed by atoms with van der Waals surface area (Å²) in [5.41, 5.74) is 0.935. The number of methoxy groups -OCH3 is 1. The van der Waals surface area contributed by atoms with E-state index in [-0.39, 0.29) is 17.3 Å². The number of thiophene rings is 1. The minimum atomic E-state index is -0.840. The van der Waals surface area contributed by atoms with E-state index >= 15 is 0 Å². The number of hydrogen-bond donors (Lipinski definition) is 2. The van der Waals surface area contributed by atoms with E-state index in [0.717, 1.165) is 0 Å². The van der Waals surface area contributed by atoms with Crippen LogP contribution in [0.3, 0.4) is 0 Å². The fourth-order valence-electron chi connectivity index (χ4n) is 3.59.